The lowest BCUT2D eigenvalue weighted by Gasteiger charge is -2.20. The minimum Gasteiger partial charge on any atom is -0.348 e. The highest BCUT2D eigenvalue weighted by Gasteiger charge is 2.45. The second-order valence-corrected chi connectivity index (χ2v) is 9.59. The van der Waals surface area contributed by atoms with Crippen molar-refractivity contribution < 1.29 is 13.2 Å². The number of anilines is 1. The van der Waals surface area contributed by atoms with E-state index in [1.165, 1.54) is 11.8 Å². The van der Waals surface area contributed by atoms with Crippen molar-refractivity contribution in [3.63, 3.8) is 0 Å². The fourth-order valence-corrected chi connectivity index (χ4v) is 5.74. The molecule has 9 heteroatoms. The third kappa shape index (κ3) is 3.89. The van der Waals surface area contributed by atoms with Gasteiger partial charge in [-0.05, 0) is 24.3 Å². The van der Waals surface area contributed by atoms with Gasteiger partial charge in [-0.3, -0.25) is 9.79 Å². The number of hydrogen-bond acceptors (Lipinski definition) is 6. The molecule has 0 bridgehead atoms. The molecule has 0 radical (unpaired) electrons. The molecule has 124 valence electrons. The summed E-state index contributed by atoms with van der Waals surface area (Å²) in [5, 5.41) is 3.56. The van der Waals surface area contributed by atoms with Crippen molar-refractivity contribution >= 4 is 54.3 Å². The highest BCUT2D eigenvalue weighted by atomic mass is 79.9. The van der Waals surface area contributed by atoms with Crippen LogP contribution in [0.15, 0.2) is 33.7 Å². The molecule has 0 unspecified atom stereocenters. The molecule has 2 aliphatic rings. The van der Waals surface area contributed by atoms with Crippen LogP contribution in [-0.4, -0.2) is 60.8 Å². The number of fused-ring (bicyclic) bond motifs is 1. The molecule has 2 aliphatic heterocycles. The smallest absolute Gasteiger partial charge is 0.234 e. The number of aliphatic imine (C=N–C) groups is 1. The van der Waals surface area contributed by atoms with Gasteiger partial charge in [-0.1, -0.05) is 27.7 Å². The molecule has 1 aromatic carbocycles. The number of benzene rings is 1. The van der Waals surface area contributed by atoms with Crippen molar-refractivity contribution in [3.8, 4) is 0 Å². The third-order valence-electron chi connectivity index (χ3n) is 3.83. The number of likely N-dealkylation sites (N-methyl/N-ethyl adjacent to an activating group) is 1. The summed E-state index contributed by atoms with van der Waals surface area (Å²) < 4.78 is 24.2. The summed E-state index contributed by atoms with van der Waals surface area (Å²) in [5.41, 5.74) is 0.739. The molecule has 1 amide bonds. The van der Waals surface area contributed by atoms with Crippen molar-refractivity contribution in [2.45, 2.75) is 12.1 Å². The van der Waals surface area contributed by atoms with Crippen LogP contribution in [0.4, 0.5) is 5.69 Å². The van der Waals surface area contributed by atoms with Crippen molar-refractivity contribution in [2.24, 2.45) is 4.99 Å². The molecule has 2 heterocycles. The van der Waals surface area contributed by atoms with Gasteiger partial charge in [-0.25, -0.2) is 8.42 Å². The van der Waals surface area contributed by atoms with Gasteiger partial charge in [0.05, 0.1) is 29.3 Å². The van der Waals surface area contributed by atoms with Gasteiger partial charge in [-0.15, -0.1) is 0 Å². The van der Waals surface area contributed by atoms with E-state index >= 15 is 0 Å². The molecule has 2 atom stereocenters. The Labute approximate surface area is 147 Å². The van der Waals surface area contributed by atoms with Crippen LogP contribution in [0, 0.1) is 0 Å². The fourth-order valence-electron chi connectivity index (χ4n) is 2.68. The Kier molecular flexibility index (Phi) is 4.70. The Hall–Kier alpha value is -1.06. The van der Waals surface area contributed by atoms with Gasteiger partial charge >= 0.3 is 0 Å². The van der Waals surface area contributed by atoms with Crippen LogP contribution in [-0.2, 0) is 14.6 Å². The molecule has 23 heavy (non-hydrogen) atoms. The van der Waals surface area contributed by atoms with E-state index in [0.717, 1.165) is 15.3 Å². The van der Waals surface area contributed by atoms with Gasteiger partial charge in [0, 0.05) is 17.2 Å². The summed E-state index contributed by atoms with van der Waals surface area (Å²) in [6.07, 6.45) is 0. The maximum Gasteiger partial charge on any atom is 0.234 e. The maximum absolute atomic E-state index is 12.0. The Morgan fingerprint density at radius 3 is 2.74 bits per heavy atom. The van der Waals surface area contributed by atoms with Gasteiger partial charge in [0.25, 0.3) is 0 Å². The molecule has 0 aliphatic carbocycles. The van der Waals surface area contributed by atoms with Crippen LogP contribution in [0.5, 0.6) is 0 Å². The van der Waals surface area contributed by atoms with Crippen LogP contribution in [0.25, 0.3) is 0 Å². The Balaban J connectivity index is 1.54. The van der Waals surface area contributed by atoms with Crippen LogP contribution >= 0.6 is 27.7 Å². The summed E-state index contributed by atoms with van der Waals surface area (Å²) in [4.78, 5) is 18.3. The largest absolute Gasteiger partial charge is 0.348 e. The molecule has 6 nitrogen and oxygen atoms in total. The Bertz CT molecular complexity index is 749. The lowest BCUT2D eigenvalue weighted by molar-refractivity contribution is -0.113. The van der Waals surface area contributed by atoms with E-state index in [9.17, 15) is 13.2 Å². The predicted molar refractivity (Wildman–Crippen MR) is 96.7 cm³/mol. The number of amides is 1. The van der Waals surface area contributed by atoms with Gasteiger partial charge in [0.1, 0.15) is 0 Å². The van der Waals surface area contributed by atoms with Crippen molar-refractivity contribution in [1.29, 1.82) is 0 Å². The van der Waals surface area contributed by atoms with Crippen LogP contribution in [0.1, 0.15) is 0 Å². The number of carbonyl (C=O) groups excluding carboxylic acids is 1. The highest BCUT2D eigenvalue weighted by Crippen LogP contribution is 2.29. The number of halogens is 1. The fraction of sp³-hybridized carbons (Fsp3) is 0.429. The summed E-state index contributed by atoms with van der Waals surface area (Å²) in [6, 6.07) is 7.08. The first-order valence-corrected chi connectivity index (χ1v) is 10.6. The van der Waals surface area contributed by atoms with E-state index in [1.807, 2.05) is 36.2 Å². The van der Waals surface area contributed by atoms with E-state index in [1.54, 1.807) is 0 Å². The lowest BCUT2D eigenvalue weighted by atomic mass is 10.2. The van der Waals surface area contributed by atoms with Crippen LogP contribution < -0.4 is 5.32 Å². The summed E-state index contributed by atoms with van der Waals surface area (Å²) in [7, 11) is -1.14. The highest BCUT2D eigenvalue weighted by molar-refractivity contribution is 9.10. The SMILES string of the molecule is CN1C(SCC(=O)Nc2ccc(Br)cc2)=N[C@H]2CS(=O)(=O)C[C@@H]21. The third-order valence-corrected chi connectivity index (χ3v) is 7.11. The van der Waals surface area contributed by atoms with E-state index in [0.29, 0.717) is 0 Å². The first kappa shape index (κ1) is 16.8. The summed E-state index contributed by atoms with van der Waals surface area (Å²) in [6.45, 7) is 0. The van der Waals surface area contributed by atoms with Gasteiger partial charge < -0.3 is 10.2 Å². The molecule has 1 aromatic rings. The average molecular weight is 418 g/mol. The number of rotatable bonds is 3. The topological polar surface area (TPSA) is 78.8 Å². The normalized spacial score (nSPS) is 25.1. The molecule has 0 aromatic heterocycles. The van der Waals surface area contributed by atoms with E-state index in [4.69, 9.17) is 0 Å². The monoisotopic (exact) mass is 417 g/mol. The first-order valence-electron chi connectivity index (χ1n) is 7.03. The predicted octanol–water partition coefficient (Wildman–Crippen LogP) is 1.59. The second-order valence-electron chi connectivity index (χ2n) is 5.58. The number of carbonyl (C=O) groups is 1. The summed E-state index contributed by atoms with van der Waals surface area (Å²) >= 11 is 4.68. The summed E-state index contributed by atoms with van der Waals surface area (Å²) in [5.74, 6) is 0.383. The Morgan fingerprint density at radius 2 is 2.09 bits per heavy atom. The molecular weight excluding hydrogens is 402 g/mol. The Morgan fingerprint density at radius 1 is 1.39 bits per heavy atom. The standard InChI is InChI=1S/C14H16BrN3O3S2/c1-18-12-8-23(20,21)7-11(12)17-14(18)22-6-13(19)16-10-4-2-9(15)3-5-10/h2-5,11-12H,6-8H2,1H3,(H,16,19)/t11-,12-/m0/s1. The zero-order chi connectivity index (χ0) is 16.6. The maximum atomic E-state index is 12.0. The zero-order valence-corrected chi connectivity index (χ0v) is 15.6. The minimum atomic E-state index is -2.98. The number of hydrogen-bond donors (Lipinski definition) is 1. The van der Waals surface area contributed by atoms with Gasteiger partial charge in [-0.2, -0.15) is 0 Å². The van der Waals surface area contributed by atoms with E-state index in [2.05, 4.69) is 26.2 Å². The van der Waals surface area contributed by atoms with Gasteiger partial charge in [0.2, 0.25) is 5.91 Å². The second kappa shape index (κ2) is 6.45. The quantitative estimate of drug-likeness (QED) is 0.807. The number of nitrogens with one attached hydrogen (secondary N) is 1. The molecule has 0 spiro atoms. The first-order chi connectivity index (χ1) is 10.8. The van der Waals surface area contributed by atoms with Crippen molar-refractivity contribution in [2.75, 3.05) is 29.6 Å². The van der Waals surface area contributed by atoms with E-state index < -0.39 is 9.84 Å². The number of sulfone groups is 1. The molecular formula is C14H16BrN3O3S2. The van der Waals surface area contributed by atoms with E-state index in [-0.39, 0.29) is 35.2 Å². The minimum absolute atomic E-state index is 0.0861. The molecule has 1 fully saturated rings. The van der Waals surface area contributed by atoms with Crippen molar-refractivity contribution in [3.05, 3.63) is 28.7 Å². The van der Waals surface area contributed by atoms with Crippen LogP contribution in [0.2, 0.25) is 0 Å². The number of thioether (sulfide) groups is 1. The van der Waals surface area contributed by atoms with Gasteiger partial charge in [0.15, 0.2) is 15.0 Å². The zero-order valence-electron chi connectivity index (χ0n) is 12.4. The molecule has 3 rings (SSSR count). The number of nitrogens with zero attached hydrogens (tertiary/aromatic N) is 2. The molecule has 1 saturated heterocycles. The van der Waals surface area contributed by atoms with Crippen molar-refractivity contribution in [1.82, 2.24) is 4.90 Å². The molecule has 0 saturated carbocycles. The lowest BCUT2D eigenvalue weighted by Crippen LogP contribution is -2.35. The molecule has 1 N–H and O–H groups in total. The van der Waals surface area contributed by atoms with Crippen LogP contribution in [0.3, 0.4) is 0 Å². The number of amidine groups is 1. The average Bonchev–Trinajstić information content (AvgIpc) is 2.93.